The Bertz CT molecular complexity index is 169. The van der Waals surface area contributed by atoms with Crippen LogP contribution in [-0.4, -0.2) is 0 Å². The van der Waals surface area contributed by atoms with Gasteiger partial charge in [0.25, 0.3) is 0 Å². The van der Waals surface area contributed by atoms with E-state index in [2.05, 4.69) is 34.6 Å². The SMILES string of the molecule is CCCCC(C1CC1C)C(C)(C)CC. The molecule has 0 aliphatic heterocycles. The summed E-state index contributed by atoms with van der Waals surface area (Å²) in [7, 11) is 0. The first-order chi connectivity index (χ1) is 6.53. The van der Waals surface area contributed by atoms with Gasteiger partial charge in [0, 0.05) is 0 Å². The highest BCUT2D eigenvalue weighted by molar-refractivity contribution is 4.94. The van der Waals surface area contributed by atoms with Crippen LogP contribution in [0.1, 0.15) is 66.7 Å². The van der Waals surface area contributed by atoms with E-state index in [1.807, 2.05) is 0 Å². The van der Waals surface area contributed by atoms with Gasteiger partial charge in [-0.05, 0) is 36.0 Å². The molecule has 84 valence electrons. The molecule has 0 heterocycles. The molecule has 1 rings (SSSR count). The van der Waals surface area contributed by atoms with Crippen molar-refractivity contribution in [1.82, 2.24) is 0 Å². The monoisotopic (exact) mass is 196 g/mol. The second kappa shape index (κ2) is 4.68. The maximum atomic E-state index is 2.47. The van der Waals surface area contributed by atoms with Gasteiger partial charge in [-0.1, -0.05) is 53.9 Å². The van der Waals surface area contributed by atoms with Crippen molar-refractivity contribution in [3.8, 4) is 0 Å². The van der Waals surface area contributed by atoms with Crippen molar-refractivity contribution in [2.45, 2.75) is 66.7 Å². The van der Waals surface area contributed by atoms with Crippen LogP contribution in [0.3, 0.4) is 0 Å². The molecule has 0 aromatic heterocycles. The molecule has 1 aliphatic carbocycles. The topological polar surface area (TPSA) is 0 Å². The zero-order valence-electron chi connectivity index (χ0n) is 10.8. The van der Waals surface area contributed by atoms with Gasteiger partial charge in [-0.25, -0.2) is 0 Å². The first-order valence-electron chi connectivity index (χ1n) is 6.53. The van der Waals surface area contributed by atoms with Gasteiger partial charge in [0.15, 0.2) is 0 Å². The molecule has 0 nitrogen and oxygen atoms in total. The summed E-state index contributed by atoms with van der Waals surface area (Å²) in [5.74, 6) is 3.06. The highest BCUT2D eigenvalue weighted by atomic mass is 14.5. The van der Waals surface area contributed by atoms with E-state index in [9.17, 15) is 0 Å². The van der Waals surface area contributed by atoms with Crippen molar-refractivity contribution in [2.24, 2.45) is 23.2 Å². The number of hydrogen-bond donors (Lipinski definition) is 0. The standard InChI is InChI=1S/C14H28/c1-6-8-9-13(12-10-11(12)3)14(4,5)7-2/h11-13H,6-10H2,1-5H3. The lowest BCUT2D eigenvalue weighted by atomic mass is 9.71. The van der Waals surface area contributed by atoms with Crippen molar-refractivity contribution in [3.63, 3.8) is 0 Å². The first kappa shape index (κ1) is 12.1. The van der Waals surface area contributed by atoms with Crippen molar-refractivity contribution in [3.05, 3.63) is 0 Å². The molecule has 0 aromatic rings. The molecule has 1 saturated carbocycles. The molecule has 0 radical (unpaired) electrons. The fraction of sp³-hybridized carbons (Fsp3) is 1.00. The van der Waals surface area contributed by atoms with Gasteiger partial charge >= 0.3 is 0 Å². The molecule has 14 heavy (non-hydrogen) atoms. The summed E-state index contributed by atoms with van der Waals surface area (Å²) in [5.41, 5.74) is 0.574. The predicted octanol–water partition coefficient (Wildman–Crippen LogP) is 4.89. The van der Waals surface area contributed by atoms with Crippen LogP contribution in [0.25, 0.3) is 0 Å². The second-order valence-corrected chi connectivity index (χ2v) is 5.97. The lowest BCUT2D eigenvalue weighted by Gasteiger charge is -2.34. The molecular weight excluding hydrogens is 168 g/mol. The van der Waals surface area contributed by atoms with E-state index in [4.69, 9.17) is 0 Å². The van der Waals surface area contributed by atoms with Crippen LogP contribution in [-0.2, 0) is 0 Å². The normalized spacial score (nSPS) is 28.9. The lowest BCUT2D eigenvalue weighted by molar-refractivity contribution is 0.157. The third-order valence-electron chi connectivity index (χ3n) is 4.47. The highest BCUT2D eigenvalue weighted by Gasteiger charge is 2.44. The zero-order valence-corrected chi connectivity index (χ0v) is 10.8. The Kier molecular flexibility index (Phi) is 4.04. The van der Waals surface area contributed by atoms with E-state index in [0.717, 1.165) is 17.8 Å². The van der Waals surface area contributed by atoms with Gasteiger partial charge in [-0.3, -0.25) is 0 Å². The maximum Gasteiger partial charge on any atom is -0.0326 e. The lowest BCUT2D eigenvalue weighted by Crippen LogP contribution is -2.25. The summed E-state index contributed by atoms with van der Waals surface area (Å²) in [5, 5.41) is 0. The Hall–Kier alpha value is 0. The molecular formula is C14H28. The Morgan fingerprint density at radius 3 is 2.21 bits per heavy atom. The smallest absolute Gasteiger partial charge is 0.0326 e. The number of hydrogen-bond acceptors (Lipinski definition) is 0. The van der Waals surface area contributed by atoms with Gasteiger partial charge in [0.2, 0.25) is 0 Å². The van der Waals surface area contributed by atoms with Crippen LogP contribution < -0.4 is 0 Å². The molecule has 1 fully saturated rings. The average molecular weight is 196 g/mol. The van der Waals surface area contributed by atoms with E-state index in [1.165, 1.54) is 32.1 Å². The quantitative estimate of drug-likeness (QED) is 0.567. The minimum Gasteiger partial charge on any atom is -0.0654 e. The summed E-state index contributed by atoms with van der Waals surface area (Å²) < 4.78 is 0. The van der Waals surface area contributed by atoms with Crippen LogP contribution in [0, 0.1) is 23.2 Å². The van der Waals surface area contributed by atoms with Gasteiger partial charge in [0.1, 0.15) is 0 Å². The largest absolute Gasteiger partial charge is 0.0654 e. The van der Waals surface area contributed by atoms with E-state index in [1.54, 1.807) is 0 Å². The third-order valence-corrected chi connectivity index (χ3v) is 4.47. The fourth-order valence-corrected chi connectivity index (χ4v) is 2.78. The van der Waals surface area contributed by atoms with Gasteiger partial charge < -0.3 is 0 Å². The summed E-state index contributed by atoms with van der Waals surface area (Å²) in [4.78, 5) is 0. The second-order valence-electron chi connectivity index (χ2n) is 5.97. The summed E-state index contributed by atoms with van der Waals surface area (Å²) in [6.07, 6.45) is 7.09. The molecule has 0 aromatic carbocycles. The van der Waals surface area contributed by atoms with Crippen molar-refractivity contribution < 1.29 is 0 Å². The minimum absolute atomic E-state index is 0.574. The number of unbranched alkanes of at least 4 members (excludes halogenated alkanes) is 1. The van der Waals surface area contributed by atoms with E-state index in [0.29, 0.717) is 5.41 Å². The number of rotatable bonds is 6. The van der Waals surface area contributed by atoms with Crippen LogP contribution in [0.2, 0.25) is 0 Å². The Balaban J connectivity index is 2.52. The average Bonchev–Trinajstić information content (AvgIpc) is 2.83. The van der Waals surface area contributed by atoms with E-state index >= 15 is 0 Å². The predicted molar refractivity (Wildman–Crippen MR) is 64.4 cm³/mol. The van der Waals surface area contributed by atoms with Crippen molar-refractivity contribution in [2.75, 3.05) is 0 Å². The van der Waals surface area contributed by atoms with E-state index < -0.39 is 0 Å². The Morgan fingerprint density at radius 2 is 1.86 bits per heavy atom. The molecule has 0 saturated heterocycles. The molecule has 3 atom stereocenters. The Labute approximate surface area is 90.5 Å². The van der Waals surface area contributed by atoms with E-state index in [-0.39, 0.29) is 0 Å². The minimum atomic E-state index is 0.574. The Morgan fingerprint density at radius 1 is 1.29 bits per heavy atom. The van der Waals surface area contributed by atoms with Crippen LogP contribution in [0.5, 0.6) is 0 Å². The van der Waals surface area contributed by atoms with Gasteiger partial charge in [-0.2, -0.15) is 0 Å². The molecule has 0 amide bonds. The summed E-state index contributed by atoms with van der Waals surface area (Å²) in [6.45, 7) is 12.0. The van der Waals surface area contributed by atoms with Crippen LogP contribution in [0.4, 0.5) is 0 Å². The summed E-state index contributed by atoms with van der Waals surface area (Å²) in [6, 6.07) is 0. The first-order valence-corrected chi connectivity index (χ1v) is 6.53. The van der Waals surface area contributed by atoms with Crippen LogP contribution >= 0.6 is 0 Å². The molecule has 1 aliphatic rings. The summed E-state index contributed by atoms with van der Waals surface area (Å²) >= 11 is 0. The van der Waals surface area contributed by atoms with Gasteiger partial charge in [-0.15, -0.1) is 0 Å². The molecule has 0 spiro atoms. The zero-order chi connectivity index (χ0) is 10.8. The van der Waals surface area contributed by atoms with Crippen molar-refractivity contribution >= 4 is 0 Å². The molecule has 0 N–H and O–H groups in total. The molecule has 0 heteroatoms. The van der Waals surface area contributed by atoms with Gasteiger partial charge in [0.05, 0.1) is 0 Å². The third kappa shape index (κ3) is 2.74. The van der Waals surface area contributed by atoms with Crippen LogP contribution in [0.15, 0.2) is 0 Å². The maximum absolute atomic E-state index is 2.47. The fourth-order valence-electron chi connectivity index (χ4n) is 2.78. The highest BCUT2D eigenvalue weighted by Crippen LogP contribution is 2.53. The molecule has 3 unspecified atom stereocenters. The molecule has 0 bridgehead atoms. The van der Waals surface area contributed by atoms with Crippen molar-refractivity contribution in [1.29, 1.82) is 0 Å².